The minimum absolute atomic E-state index is 0.188. The smallest absolute Gasteiger partial charge is 0.336 e. The van der Waals surface area contributed by atoms with Gasteiger partial charge in [-0.15, -0.1) is 11.8 Å². The van der Waals surface area contributed by atoms with Gasteiger partial charge in [-0.25, -0.2) is 4.79 Å². The van der Waals surface area contributed by atoms with Crippen LogP contribution in [0, 0.1) is 0 Å². The highest BCUT2D eigenvalue weighted by Gasteiger charge is 2.38. The molecule has 1 heterocycles. The van der Waals surface area contributed by atoms with E-state index < -0.39 is 5.97 Å². The zero-order chi connectivity index (χ0) is 25.9. The molecule has 1 N–H and O–H groups in total. The minimum atomic E-state index is -1.01. The molecule has 1 aliphatic heterocycles. The van der Waals surface area contributed by atoms with Crippen LogP contribution in [-0.2, 0) is 0 Å². The molecule has 0 atom stereocenters. The summed E-state index contributed by atoms with van der Waals surface area (Å²) >= 11 is 2.96. The fourth-order valence-electron chi connectivity index (χ4n) is 4.31. The molecular formula is C29H37NO4S2. The van der Waals surface area contributed by atoms with Crippen LogP contribution in [0.5, 0.6) is 0 Å². The molecule has 2 aromatic carbocycles. The number of amides is 2. The van der Waals surface area contributed by atoms with E-state index in [4.69, 9.17) is 0 Å². The zero-order valence-corrected chi connectivity index (χ0v) is 23.0. The van der Waals surface area contributed by atoms with Gasteiger partial charge in [0.1, 0.15) is 0 Å². The van der Waals surface area contributed by atoms with Gasteiger partial charge in [0, 0.05) is 21.2 Å². The van der Waals surface area contributed by atoms with Gasteiger partial charge >= 0.3 is 5.97 Å². The van der Waals surface area contributed by atoms with Crippen molar-refractivity contribution in [1.29, 1.82) is 0 Å². The van der Waals surface area contributed by atoms with Crippen LogP contribution in [0.15, 0.2) is 51.1 Å². The van der Waals surface area contributed by atoms with Gasteiger partial charge in [0.25, 0.3) is 11.8 Å². The molecule has 0 radical (unpaired) electrons. The Kier molecular flexibility index (Phi) is 11.4. The number of imide groups is 1. The normalized spacial score (nSPS) is 12.9. The number of carbonyl (C=O) groups excluding carboxylic acids is 2. The molecule has 2 aromatic rings. The molecule has 0 aliphatic carbocycles. The minimum Gasteiger partial charge on any atom is -0.478 e. The van der Waals surface area contributed by atoms with Gasteiger partial charge in [-0.3, -0.25) is 14.5 Å². The third-order valence-corrected chi connectivity index (χ3v) is 8.53. The fourth-order valence-corrected chi connectivity index (χ4v) is 6.51. The number of aromatic carboxylic acids is 1. The van der Waals surface area contributed by atoms with E-state index in [1.165, 1.54) is 61.6 Å². The summed E-state index contributed by atoms with van der Waals surface area (Å²) in [5, 5.41) is 9.63. The molecule has 7 heteroatoms. The Bertz CT molecular complexity index is 1070. The summed E-state index contributed by atoms with van der Waals surface area (Å²) in [4.78, 5) is 41.7. The van der Waals surface area contributed by atoms with Crippen LogP contribution in [0.2, 0.25) is 0 Å². The van der Waals surface area contributed by atoms with E-state index in [1.807, 2.05) is 19.1 Å². The molecule has 0 fully saturated rings. The van der Waals surface area contributed by atoms with E-state index in [1.54, 1.807) is 36.0 Å². The Hall–Kier alpha value is -2.25. The number of fused-ring (bicyclic) bond motifs is 1. The molecule has 0 saturated carbocycles. The quantitative estimate of drug-likeness (QED) is 0.135. The van der Waals surface area contributed by atoms with Crippen LogP contribution in [0.25, 0.3) is 0 Å². The highest BCUT2D eigenvalue weighted by molar-refractivity contribution is 8.00. The second kappa shape index (κ2) is 14.5. The lowest BCUT2D eigenvalue weighted by atomic mass is 10.1. The molecule has 0 bridgehead atoms. The first-order chi connectivity index (χ1) is 17.5. The SMILES string of the molecule is CCCCCCCCCCSc1cc(Sc2ccccc2C(=O)O)c2c(c1)C(=O)N(CCCC)C2=O. The number of rotatable bonds is 16. The highest BCUT2D eigenvalue weighted by Crippen LogP contribution is 2.40. The van der Waals surface area contributed by atoms with Crippen molar-refractivity contribution in [2.24, 2.45) is 0 Å². The van der Waals surface area contributed by atoms with Crippen molar-refractivity contribution in [3.63, 3.8) is 0 Å². The second-order valence-electron chi connectivity index (χ2n) is 9.19. The lowest BCUT2D eigenvalue weighted by Gasteiger charge is -2.13. The van der Waals surface area contributed by atoms with Gasteiger partial charge < -0.3 is 5.11 Å². The number of thioether (sulfide) groups is 1. The summed E-state index contributed by atoms with van der Waals surface area (Å²) in [6.45, 7) is 4.67. The molecule has 0 aromatic heterocycles. The Balaban J connectivity index is 1.77. The largest absolute Gasteiger partial charge is 0.478 e. The van der Waals surface area contributed by atoms with Gasteiger partial charge in [-0.1, -0.05) is 89.1 Å². The number of nitrogens with zero attached hydrogens (tertiary/aromatic N) is 1. The number of benzene rings is 2. The van der Waals surface area contributed by atoms with E-state index in [-0.39, 0.29) is 17.4 Å². The van der Waals surface area contributed by atoms with Gasteiger partial charge in [0.05, 0.1) is 16.7 Å². The van der Waals surface area contributed by atoms with Crippen molar-refractivity contribution in [3.05, 3.63) is 53.1 Å². The summed E-state index contributed by atoms with van der Waals surface area (Å²) in [5.41, 5.74) is 1.03. The van der Waals surface area contributed by atoms with Crippen molar-refractivity contribution in [1.82, 2.24) is 4.90 Å². The van der Waals surface area contributed by atoms with Crippen LogP contribution in [-0.4, -0.2) is 40.1 Å². The molecule has 36 heavy (non-hydrogen) atoms. The molecule has 194 valence electrons. The van der Waals surface area contributed by atoms with E-state index >= 15 is 0 Å². The molecule has 5 nitrogen and oxygen atoms in total. The first-order valence-corrected chi connectivity index (χ1v) is 14.9. The van der Waals surface area contributed by atoms with Crippen LogP contribution in [0.4, 0.5) is 0 Å². The second-order valence-corrected chi connectivity index (χ2v) is 11.4. The summed E-state index contributed by atoms with van der Waals surface area (Å²) in [7, 11) is 0. The first kappa shape index (κ1) is 28.3. The number of hydrogen-bond acceptors (Lipinski definition) is 5. The third-order valence-electron chi connectivity index (χ3n) is 6.35. The van der Waals surface area contributed by atoms with Crippen LogP contribution >= 0.6 is 23.5 Å². The lowest BCUT2D eigenvalue weighted by Crippen LogP contribution is -2.30. The Morgan fingerprint density at radius 2 is 1.50 bits per heavy atom. The Morgan fingerprint density at radius 3 is 2.19 bits per heavy atom. The Labute approximate surface area is 223 Å². The highest BCUT2D eigenvalue weighted by atomic mass is 32.2. The van der Waals surface area contributed by atoms with Crippen molar-refractivity contribution in [2.45, 2.75) is 92.7 Å². The van der Waals surface area contributed by atoms with Crippen LogP contribution < -0.4 is 0 Å². The van der Waals surface area contributed by atoms with Crippen LogP contribution in [0.1, 0.15) is 109 Å². The number of carbonyl (C=O) groups is 3. The molecule has 0 spiro atoms. The van der Waals surface area contributed by atoms with Crippen molar-refractivity contribution < 1.29 is 19.5 Å². The summed E-state index contributed by atoms with van der Waals surface area (Å²) in [6.07, 6.45) is 11.7. The molecule has 3 rings (SSSR count). The number of hydrogen-bond donors (Lipinski definition) is 1. The maximum absolute atomic E-state index is 13.2. The predicted molar refractivity (Wildman–Crippen MR) is 148 cm³/mol. The van der Waals surface area contributed by atoms with Crippen LogP contribution in [0.3, 0.4) is 0 Å². The first-order valence-electron chi connectivity index (χ1n) is 13.1. The maximum Gasteiger partial charge on any atom is 0.336 e. The number of carboxylic acid groups (broad SMARTS) is 1. The van der Waals surface area contributed by atoms with Crippen molar-refractivity contribution >= 4 is 41.3 Å². The zero-order valence-electron chi connectivity index (χ0n) is 21.4. The van der Waals surface area contributed by atoms with Crippen molar-refractivity contribution in [3.8, 4) is 0 Å². The van der Waals surface area contributed by atoms with E-state index in [0.717, 1.165) is 29.9 Å². The summed E-state index contributed by atoms with van der Waals surface area (Å²) in [6, 6.07) is 10.6. The van der Waals surface area contributed by atoms with Gasteiger partial charge in [0.2, 0.25) is 0 Å². The fraction of sp³-hybridized carbons (Fsp3) is 0.483. The number of unbranched alkanes of at least 4 members (excludes halogenated alkanes) is 8. The standard InChI is InChI=1S/C29H37NO4S2/c1-3-5-7-8-9-10-11-14-18-35-21-19-23-26(28(32)30(27(23)31)17-6-4-2)25(20-21)36-24-16-13-12-15-22(24)29(33)34/h12-13,15-16,19-20H,3-11,14,17-18H2,1-2H3,(H,33,34). The van der Waals surface area contributed by atoms with Gasteiger partial charge in [0.15, 0.2) is 0 Å². The molecule has 2 amide bonds. The monoisotopic (exact) mass is 527 g/mol. The average Bonchev–Trinajstić information content (AvgIpc) is 3.11. The van der Waals surface area contributed by atoms with Gasteiger partial charge in [-0.05, 0) is 42.9 Å². The average molecular weight is 528 g/mol. The molecule has 0 unspecified atom stereocenters. The lowest BCUT2D eigenvalue weighted by molar-refractivity contribution is 0.0647. The Morgan fingerprint density at radius 1 is 0.833 bits per heavy atom. The number of carboxylic acids is 1. The van der Waals surface area contributed by atoms with E-state index in [0.29, 0.717) is 27.5 Å². The third kappa shape index (κ3) is 7.39. The predicted octanol–water partition coefficient (Wildman–Crippen LogP) is 8.16. The van der Waals surface area contributed by atoms with Gasteiger partial charge in [-0.2, -0.15) is 0 Å². The maximum atomic E-state index is 13.2. The summed E-state index contributed by atoms with van der Waals surface area (Å²) in [5.74, 6) is -0.586. The van der Waals surface area contributed by atoms with E-state index in [2.05, 4.69) is 6.92 Å². The summed E-state index contributed by atoms with van der Waals surface area (Å²) < 4.78 is 0. The topological polar surface area (TPSA) is 74.7 Å². The molecule has 1 aliphatic rings. The molecular weight excluding hydrogens is 490 g/mol. The van der Waals surface area contributed by atoms with Crippen molar-refractivity contribution in [2.75, 3.05) is 12.3 Å². The molecule has 0 saturated heterocycles. The van der Waals surface area contributed by atoms with E-state index in [9.17, 15) is 19.5 Å².